The van der Waals surface area contributed by atoms with Crippen molar-refractivity contribution in [3.05, 3.63) is 104 Å². The molecule has 1 aromatic heterocycles. The van der Waals surface area contributed by atoms with Gasteiger partial charge in [0.2, 0.25) is 0 Å². The van der Waals surface area contributed by atoms with Crippen LogP contribution in [0.1, 0.15) is 34.6 Å². The molecule has 0 unspecified atom stereocenters. The monoisotopic (exact) mass is 364 g/mol. The maximum absolute atomic E-state index is 12.3. The van der Waals surface area contributed by atoms with E-state index in [0.29, 0.717) is 18.8 Å². The van der Waals surface area contributed by atoms with Gasteiger partial charge in [0.1, 0.15) is 6.10 Å². The second kappa shape index (κ2) is 7.34. The van der Waals surface area contributed by atoms with Crippen LogP contribution in [0.4, 0.5) is 0 Å². The van der Waals surface area contributed by atoms with Gasteiger partial charge in [-0.2, -0.15) is 0 Å². The number of hydrogen-bond donors (Lipinski definition) is 1. The minimum absolute atomic E-state index is 0.283. The summed E-state index contributed by atoms with van der Waals surface area (Å²) in [5.41, 5.74) is 2.57. The molecule has 3 aromatic rings. The van der Waals surface area contributed by atoms with Gasteiger partial charge in [-0.05, 0) is 18.1 Å². The summed E-state index contributed by atoms with van der Waals surface area (Å²) in [5, 5.41) is 0. The molecule has 0 bridgehead atoms. The van der Waals surface area contributed by atoms with Crippen LogP contribution in [0.25, 0.3) is 0 Å². The van der Waals surface area contributed by atoms with E-state index in [1.807, 2.05) is 54.6 Å². The molecule has 1 aliphatic heterocycles. The number of aromatic nitrogens is 2. The molecular weight excluding hydrogens is 344 g/mol. The Bertz CT molecular complexity index is 1060. The van der Waals surface area contributed by atoms with Gasteiger partial charge in [-0.3, -0.25) is 14.3 Å². The van der Waals surface area contributed by atoms with E-state index < -0.39 is 11.9 Å². The summed E-state index contributed by atoms with van der Waals surface area (Å²) in [6, 6.07) is 17.7. The van der Waals surface area contributed by atoms with Crippen LogP contribution in [-0.2, 0) is 16.1 Å². The molecule has 0 amide bonds. The van der Waals surface area contributed by atoms with E-state index in [0.717, 1.165) is 16.7 Å². The summed E-state index contributed by atoms with van der Waals surface area (Å²) in [5.74, 6) is 0. The molecule has 4 rings (SSSR count). The number of fused-ring (bicyclic) bond motifs is 1. The summed E-state index contributed by atoms with van der Waals surface area (Å²) in [7, 11) is 0. The highest BCUT2D eigenvalue weighted by Gasteiger charge is 2.33. The van der Waals surface area contributed by atoms with Gasteiger partial charge < -0.3 is 9.47 Å². The number of aryl methyl sites for hydroxylation is 1. The van der Waals surface area contributed by atoms with Crippen molar-refractivity contribution in [3.8, 4) is 0 Å². The predicted octanol–water partition coefficient (Wildman–Crippen LogP) is 2.68. The third-order valence-electron chi connectivity index (χ3n) is 4.68. The normalized spacial score (nSPS) is 18.4. The summed E-state index contributed by atoms with van der Waals surface area (Å²) in [6.45, 7) is 2.53. The van der Waals surface area contributed by atoms with Crippen LogP contribution in [0.2, 0.25) is 0 Å². The van der Waals surface area contributed by atoms with Crippen LogP contribution in [0.5, 0.6) is 0 Å². The van der Waals surface area contributed by atoms with Crippen molar-refractivity contribution < 1.29 is 9.47 Å². The highest BCUT2D eigenvalue weighted by atomic mass is 16.5. The van der Waals surface area contributed by atoms with Crippen molar-refractivity contribution in [2.24, 2.45) is 0 Å². The van der Waals surface area contributed by atoms with E-state index in [2.05, 4.69) is 4.98 Å². The molecule has 0 aliphatic carbocycles. The van der Waals surface area contributed by atoms with Crippen LogP contribution < -0.4 is 11.2 Å². The molecule has 27 heavy (non-hydrogen) atoms. The van der Waals surface area contributed by atoms with E-state index in [1.54, 1.807) is 6.92 Å². The van der Waals surface area contributed by atoms with Gasteiger partial charge in [-0.1, -0.05) is 54.6 Å². The molecule has 0 saturated carbocycles. The van der Waals surface area contributed by atoms with Crippen LogP contribution in [0.15, 0.2) is 70.4 Å². The molecular formula is C21H20N2O4. The minimum atomic E-state index is -0.588. The second-order valence-corrected chi connectivity index (χ2v) is 6.59. The first-order valence-corrected chi connectivity index (χ1v) is 8.81. The van der Waals surface area contributed by atoms with Crippen molar-refractivity contribution >= 4 is 0 Å². The summed E-state index contributed by atoms with van der Waals surface area (Å²) < 4.78 is 13.4. The molecule has 1 aliphatic rings. The zero-order chi connectivity index (χ0) is 18.8. The lowest BCUT2D eigenvalue weighted by Crippen LogP contribution is -2.33. The van der Waals surface area contributed by atoms with Gasteiger partial charge in [0.15, 0.2) is 6.23 Å². The van der Waals surface area contributed by atoms with Crippen molar-refractivity contribution in [3.63, 3.8) is 0 Å². The van der Waals surface area contributed by atoms with Crippen LogP contribution in [0, 0.1) is 6.92 Å². The van der Waals surface area contributed by atoms with E-state index in [1.165, 1.54) is 10.8 Å². The topological polar surface area (TPSA) is 73.3 Å². The number of H-pyrrole nitrogens is 1. The molecule has 0 spiro atoms. The van der Waals surface area contributed by atoms with Crippen LogP contribution >= 0.6 is 0 Å². The Hall–Kier alpha value is -2.96. The highest BCUT2D eigenvalue weighted by Crippen LogP contribution is 2.39. The standard InChI is InChI=1S/C21H20N2O4/c1-14-11-23(21(25)22-19(14)24)20-17-10-6-5-9-16(17)18(27-20)13-26-12-15-7-3-2-4-8-15/h2-11,18,20H,12-13H2,1H3,(H,22,24,25)/t18-,20+/m1/s1. The maximum atomic E-state index is 12.3. The largest absolute Gasteiger partial charge is 0.374 e. The summed E-state index contributed by atoms with van der Waals surface area (Å²) in [4.78, 5) is 26.3. The third-order valence-corrected chi connectivity index (χ3v) is 4.68. The van der Waals surface area contributed by atoms with E-state index in [4.69, 9.17) is 9.47 Å². The fourth-order valence-corrected chi connectivity index (χ4v) is 3.29. The Morgan fingerprint density at radius 1 is 1.04 bits per heavy atom. The fourth-order valence-electron chi connectivity index (χ4n) is 3.29. The summed E-state index contributed by atoms with van der Waals surface area (Å²) in [6.07, 6.45) is 0.666. The highest BCUT2D eigenvalue weighted by molar-refractivity contribution is 5.35. The third kappa shape index (κ3) is 3.49. The lowest BCUT2D eigenvalue weighted by Gasteiger charge is -2.17. The molecule has 138 valence electrons. The lowest BCUT2D eigenvalue weighted by molar-refractivity contribution is -0.0562. The fraction of sp³-hybridized carbons (Fsp3) is 0.238. The van der Waals surface area contributed by atoms with E-state index in [-0.39, 0.29) is 11.7 Å². The Balaban J connectivity index is 1.57. The van der Waals surface area contributed by atoms with E-state index in [9.17, 15) is 9.59 Å². The molecule has 0 radical (unpaired) electrons. The molecule has 2 aromatic carbocycles. The van der Waals surface area contributed by atoms with Crippen molar-refractivity contribution in [1.82, 2.24) is 9.55 Å². The number of nitrogens with one attached hydrogen (secondary N) is 1. The SMILES string of the molecule is Cc1cn([C@H]2O[C@H](COCc3ccccc3)c3ccccc32)c(=O)[nH]c1=O. The van der Waals surface area contributed by atoms with Crippen molar-refractivity contribution in [1.29, 1.82) is 0 Å². The Morgan fingerprint density at radius 2 is 1.74 bits per heavy atom. The number of aromatic amines is 1. The lowest BCUT2D eigenvalue weighted by atomic mass is 10.0. The summed E-state index contributed by atoms with van der Waals surface area (Å²) >= 11 is 0. The molecule has 0 saturated heterocycles. The quantitative estimate of drug-likeness (QED) is 0.755. The molecule has 6 heteroatoms. The zero-order valence-corrected chi connectivity index (χ0v) is 14.9. The minimum Gasteiger partial charge on any atom is -0.374 e. The average molecular weight is 364 g/mol. The average Bonchev–Trinajstić information content (AvgIpc) is 3.04. The molecule has 0 fully saturated rings. The number of rotatable bonds is 5. The Labute approximate surface area is 156 Å². The van der Waals surface area contributed by atoms with Crippen molar-refractivity contribution in [2.45, 2.75) is 25.9 Å². The van der Waals surface area contributed by atoms with Crippen molar-refractivity contribution in [2.75, 3.05) is 6.61 Å². The van der Waals surface area contributed by atoms with Gasteiger partial charge in [0.05, 0.1) is 13.2 Å². The number of hydrogen-bond acceptors (Lipinski definition) is 4. The Morgan fingerprint density at radius 3 is 2.52 bits per heavy atom. The molecule has 2 heterocycles. The Kier molecular flexibility index (Phi) is 4.75. The van der Waals surface area contributed by atoms with Crippen LogP contribution in [-0.4, -0.2) is 16.2 Å². The van der Waals surface area contributed by atoms with Gasteiger partial charge in [0, 0.05) is 17.3 Å². The number of nitrogens with zero attached hydrogens (tertiary/aromatic N) is 1. The molecule has 1 N–H and O–H groups in total. The molecule has 6 nitrogen and oxygen atoms in total. The first-order chi connectivity index (χ1) is 13.1. The van der Waals surface area contributed by atoms with Gasteiger partial charge in [-0.15, -0.1) is 0 Å². The van der Waals surface area contributed by atoms with Gasteiger partial charge >= 0.3 is 5.69 Å². The molecule has 2 atom stereocenters. The van der Waals surface area contributed by atoms with Gasteiger partial charge in [-0.25, -0.2) is 4.79 Å². The zero-order valence-electron chi connectivity index (χ0n) is 14.9. The first-order valence-electron chi connectivity index (χ1n) is 8.81. The van der Waals surface area contributed by atoms with E-state index >= 15 is 0 Å². The number of benzene rings is 2. The van der Waals surface area contributed by atoms with Gasteiger partial charge in [0.25, 0.3) is 5.56 Å². The smallest absolute Gasteiger partial charge is 0.330 e. The second-order valence-electron chi connectivity index (χ2n) is 6.59. The van der Waals surface area contributed by atoms with Crippen LogP contribution in [0.3, 0.4) is 0 Å². The predicted molar refractivity (Wildman–Crippen MR) is 101 cm³/mol. The maximum Gasteiger partial charge on any atom is 0.330 e. The first kappa shape index (κ1) is 17.5. The number of ether oxygens (including phenoxy) is 2.